The third-order valence-electron chi connectivity index (χ3n) is 5.54. The van der Waals surface area contributed by atoms with Crippen LogP contribution in [0.25, 0.3) is 54.6 Å². The lowest BCUT2D eigenvalue weighted by atomic mass is 9.92. The van der Waals surface area contributed by atoms with Crippen LogP contribution in [0.3, 0.4) is 0 Å². The molecule has 0 unspecified atom stereocenters. The van der Waals surface area contributed by atoms with Gasteiger partial charge in [-0.2, -0.15) is 0 Å². The molecule has 0 bridgehead atoms. The molecule has 0 fully saturated rings. The summed E-state index contributed by atoms with van der Waals surface area (Å²) in [6.45, 7) is 0. The van der Waals surface area contributed by atoms with Crippen molar-refractivity contribution < 1.29 is 4.42 Å². The van der Waals surface area contributed by atoms with Crippen molar-refractivity contribution in [3.8, 4) is 11.1 Å². The highest BCUT2D eigenvalue weighted by molar-refractivity contribution is 6.36. The van der Waals surface area contributed by atoms with Crippen LogP contribution in [0.5, 0.6) is 0 Å². The van der Waals surface area contributed by atoms with Crippen LogP contribution in [-0.2, 0) is 0 Å². The standard InChI is InChI=1S/C26H15ClO/c27-22-12-5-9-17-18(8-4-10-19(17)22)20-11-3-6-16-14-15-24-26(25(16)20)21-7-1-2-13-23(21)28-24/h1-15H. The first-order valence-electron chi connectivity index (χ1n) is 9.32. The lowest BCUT2D eigenvalue weighted by molar-refractivity contribution is 0.669. The second-order valence-electron chi connectivity index (χ2n) is 7.08. The van der Waals surface area contributed by atoms with Crippen molar-refractivity contribution in [3.05, 3.63) is 96.0 Å². The summed E-state index contributed by atoms with van der Waals surface area (Å²) in [5, 5.41) is 7.75. The van der Waals surface area contributed by atoms with Crippen LogP contribution in [0.4, 0.5) is 0 Å². The molecule has 0 saturated carbocycles. The monoisotopic (exact) mass is 378 g/mol. The number of furan rings is 1. The topological polar surface area (TPSA) is 13.1 Å². The summed E-state index contributed by atoms with van der Waals surface area (Å²) in [6, 6.07) is 31.4. The van der Waals surface area contributed by atoms with Crippen molar-refractivity contribution in [1.29, 1.82) is 0 Å². The summed E-state index contributed by atoms with van der Waals surface area (Å²) in [7, 11) is 0. The third kappa shape index (κ3) is 2.14. The highest BCUT2D eigenvalue weighted by Gasteiger charge is 2.15. The van der Waals surface area contributed by atoms with Crippen LogP contribution in [0.15, 0.2) is 95.4 Å². The van der Waals surface area contributed by atoms with Crippen molar-refractivity contribution in [3.63, 3.8) is 0 Å². The Morgan fingerprint density at radius 2 is 1.25 bits per heavy atom. The van der Waals surface area contributed by atoms with Crippen molar-refractivity contribution in [2.75, 3.05) is 0 Å². The molecule has 0 amide bonds. The van der Waals surface area contributed by atoms with E-state index in [9.17, 15) is 0 Å². The molecule has 0 aliphatic carbocycles. The zero-order valence-corrected chi connectivity index (χ0v) is 15.7. The Labute approximate surface area is 166 Å². The number of hydrogen-bond donors (Lipinski definition) is 0. The Morgan fingerprint density at radius 1 is 0.500 bits per heavy atom. The Hall–Kier alpha value is -3.29. The maximum absolute atomic E-state index is 6.48. The normalized spacial score (nSPS) is 11.8. The van der Waals surface area contributed by atoms with Gasteiger partial charge in [0.25, 0.3) is 0 Å². The Kier molecular flexibility index (Phi) is 3.29. The molecule has 6 aromatic rings. The quantitative estimate of drug-likeness (QED) is 0.281. The van der Waals surface area contributed by atoms with Gasteiger partial charge in [-0.1, -0.05) is 84.4 Å². The fourth-order valence-electron chi connectivity index (χ4n) is 4.32. The summed E-state index contributed by atoms with van der Waals surface area (Å²) in [5.74, 6) is 0. The van der Waals surface area contributed by atoms with Gasteiger partial charge >= 0.3 is 0 Å². The van der Waals surface area contributed by atoms with Gasteiger partial charge in [-0.15, -0.1) is 0 Å². The molecule has 0 atom stereocenters. The Bertz CT molecular complexity index is 1520. The van der Waals surface area contributed by atoms with Crippen LogP contribution >= 0.6 is 11.6 Å². The molecule has 1 aromatic heterocycles. The number of benzene rings is 5. The number of hydrogen-bond acceptors (Lipinski definition) is 1. The average Bonchev–Trinajstić information content (AvgIpc) is 3.12. The number of fused-ring (bicyclic) bond motifs is 6. The summed E-state index contributed by atoms with van der Waals surface area (Å²) >= 11 is 6.48. The smallest absolute Gasteiger partial charge is 0.136 e. The molecule has 1 nitrogen and oxygen atoms in total. The van der Waals surface area contributed by atoms with Crippen molar-refractivity contribution >= 4 is 55.1 Å². The van der Waals surface area contributed by atoms with Crippen LogP contribution in [-0.4, -0.2) is 0 Å². The van der Waals surface area contributed by atoms with E-state index in [1.807, 2.05) is 24.3 Å². The molecule has 2 heteroatoms. The molecule has 0 saturated heterocycles. The van der Waals surface area contributed by atoms with E-state index in [0.29, 0.717) is 0 Å². The molecule has 0 spiro atoms. The fraction of sp³-hybridized carbons (Fsp3) is 0. The molecule has 6 rings (SSSR count). The summed E-state index contributed by atoms with van der Waals surface area (Å²) in [6.07, 6.45) is 0. The molecule has 5 aromatic carbocycles. The van der Waals surface area contributed by atoms with Gasteiger partial charge in [0.2, 0.25) is 0 Å². The van der Waals surface area contributed by atoms with Crippen LogP contribution < -0.4 is 0 Å². The van der Waals surface area contributed by atoms with E-state index in [1.54, 1.807) is 0 Å². The minimum Gasteiger partial charge on any atom is -0.456 e. The van der Waals surface area contributed by atoms with Crippen molar-refractivity contribution in [1.82, 2.24) is 0 Å². The first kappa shape index (κ1) is 15.7. The first-order valence-corrected chi connectivity index (χ1v) is 9.70. The van der Waals surface area contributed by atoms with Crippen molar-refractivity contribution in [2.45, 2.75) is 0 Å². The van der Waals surface area contributed by atoms with E-state index in [1.165, 1.54) is 27.3 Å². The molecule has 28 heavy (non-hydrogen) atoms. The van der Waals surface area contributed by atoms with E-state index in [2.05, 4.69) is 66.7 Å². The lowest BCUT2D eigenvalue weighted by Gasteiger charge is -2.12. The second-order valence-corrected chi connectivity index (χ2v) is 7.49. The van der Waals surface area contributed by atoms with Gasteiger partial charge in [0.05, 0.1) is 0 Å². The zero-order valence-electron chi connectivity index (χ0n) is 14.9. The van der Waals surface area contributed by atoms with Gasteiger partial charge < -0.3 is 4.42 Å². The Balaban J connectivity index is 1.84. The first-order chi connectivity index (χ1) is 13.8. The van der Waals surface area contributed by atoms with E-state index >= 15 is 0 Å². The summed E-state index contributed by atoms with van der Waals surface area (Å²) in [4.78, 5) is 0. The SMILES string of the molecule is Clc1cccc2c(-c3cccc4ccc5oc6ccccc6c5c34)cccc12. The maximum atomic E-state index is 6.48. The maximum Gasteiger partial charge on any atom is 0.136 e. The average molecular weight is 379 g/mol. The van der Waals surface area contributed by atoms with Gasteiger partial charge in [0, 0.05) is 26.6 Å². The largest absolute Gasteiger partial charge is 0.456 e. The second kappa shape index (κ2) is 5.85. The van der Waals surface area contributed by atoms with Gasteiger partial charge in [-0.3, -0.25) is 0 Å². The van der Waals surface area contributed by atoms with E-state index in [4.69, 9.17) is 16.0 Å². The number of rotatable bonds is 1. The molecular formula is C26H15ClO. The number of halogens is 1. The van der Waals surface area contributed by atoms with Gasteiger partial charge in [-0.05, 0) is 40.1 Å². The molecule has 0 N–H and O–H groups in total. The highest BCUT2D eigenvalue weighted by Crippen LogP contribution is 2.41. The van der Waals surface area contributed by atoms with Gasteiger partial charge in [0.15, 0.2) is 0 Å². The zero-order chi connectivity index (χ0) is 18.7. The third-order valence-corrected chi connectivity index (χ3v) is 5.87. The lowest BCUT2D eigenvalue weighted by Crippen LogP contribution is -1.85. The molecule has 1 heterocycles. The summed E-state index contributed by atoms with van der Waals surface area (Å²) < 4.78 is 6.14. The molecule has 132 valence electrons. The predicted octanol–water partition coefficient (Wildman–Crippen LogP) is 8.21. The number of para-hydroxylation sites is 1. The van der Waals surface area contributed by atoms with Crippen LogP contribution in [0.1, 0.15) is 0 Å². The van der Waals surface area contributed by atoms with E-state index < -0.39 is 0 Å². The van der Waals surface area contributed by atoms with Crippen LogP contribution in [0.2, 0.25) is 5.02 Å². The minimum absolute atomic E-state index is 0.776. The Morgan fingerprint density at radius 3 is 2.21 bits per heavy atom. The molecule has 0 aliphatic rings. The van der Waals surface area contributed by atoms with Crippen LogP contribution in [0, 0.1) is 0 Å². The predicted molar refractivity (Wildman–Crippen MR) is 119 cm³/mol. The molecular weight excluding hydrogens is 364 g/mol. The van der Waals surface area contributed by atoms with E-state index in [-0.39, 0.29) is 0 Å². The van der Waals surface area contributed by atoms with Crippen molar-refractivity contribution in [2.24, 2.45) is 0 Å². The molecule has 0 radical (unpaired) electrons. The van der Waals surface area contributed by atoms with Gasteiger partial charge in [-0.25, -0.2) is 0 Å². The fourth-order valence-corrected chi connectivity index (χ4v) is 4.56. The van der Waals surface area contributed by atoms with E-state index in [0.717, 1.165) is 32.3 Å². The highest BCUT2D eigenvalue weighted by atomic mass is 35.5. The van der Waals surface area contributed by atoms with Gasteiger partial charge in [0.1, 0.15) is 11.2 Å². The molecule has 0 aliphatic heterocycles. The summed E-state index contributed by atoms with van der Waals surface area (Å²) in [5.41, 5.74) is 4.21. The minimum atomic E-state index is 0.776.